The minimum Gasteiger partial charge on any atom is -0.491 e. The summed E-state index contributed by atoms with van der Waals surface area (Å²) in [5.74, 6) is -0.0622. The number of nitrogens with zero attached hydrogens (tertiary/aromatic N) is 7. The smallest absolute Gasteiger partial charge is 0.294 e. The second-order valence-electron chi connectivity index (χ2n) is 7.41. The lowest BCUT2D eigenvalue weighted by molar-refractivity contribution is -0.384. The first-order chi connectivity index (χ1) is 16.8. The van der Waals surface area contributed by atoms with Crippen molar-refractivity contribution in [2.24, 2.45) is 5.10 Å². The van der Waals surface area contributed by atoms with Crippen molar-refractivity contribution in [3.8, 4) is 22.8 Å². The van der Waals surface area contributed by atoms with E-state index in [9.17, 15) is 14.9 Å². The van der Waals surface area contributed by atoms with E-state index in [4.69, 9.17) is 10.5 Å². The Hall–Kier alpha value is -5.14. The Morgan fingerprint density at radius 2 is 1.91 bits per heavy atom. The van der Waals surface area contributed by atoms with Crippen molar-refractivity contribution in [3.05, 3.63) is 69.9 Å². The highest BCUT2D eigenvalue weighted by molar-refractivity contribution is 5.98. The number of rotatable bonds is 8. The van der Waals surface area contributed by atoms with E-state index in [1.807, 2.05) is 13.8 Å². The van der Waals surface area contributed by atoms with Gasteiger partial charge in [-0.2, -0.15) is 9.78 Å². The number of hydrazone groups is 1. The standard InChI is InChI=1S/C21H19N9O5/c1-12(2)34-16-9-3-13(4-10-16)11-23-25-21(31)17-18(14-5-7-15(8-6-14)30(32)33)29(28-24-17)20-19(22)26-35-27-20/h3-12H,1-2H3,(H2,22,26)(H,25,31)/b23-11-. The number of carbonyl (C=O) groups excluding carboxylic acids is 1. The summed E-state index contributed by atoms with van der Waals surface area (Å²) in [6, 6.07) is 12.6. The van der Waals surface area contributed by atoms with Gasteiger partial charge >= 0.3 is 0 Å². The van der Waals surface area contributed by atoms with Crippen molar-refractivity contribution in [3.63, 3.8) is 0 Å². The summed E-state index contributed by atoms with van der Waals surface area (Å²) in [7, 11) is 0. The maximum atomic E-state index is 12.9. The van der Waals surface area contributed by atoms with Crippen LogP contribution in [-0.2, 0) is 0 Å². The van der Waals surface area contributed by atoms with E-state index in [0.717, 1.165) is 10.2 Å². The number of nitro benzene ring substituents is 1. The predicted molar refractivity (Wildman–Crippen MR) is 123 cm³/mol. The summed E-state index contributed by atoms with van der Waals surface area (Å²) < 4.78 is 11.4. The molecule has 2 aromatic carbocycles. The summed E-state index contributed by atoms with van der Waals surface area (Å²) in [6.45, 7) is 3.86. The number of anilines is 1. The van der Waals surface area contributed by atoms with Gasteiger partial charge in [0.1, 0.15) is 11.4 Å². The van der Waals surface area contributed by atoms with Crippen molar-refractivity contribution in [1.82, 2.24) is 30.7 Å². The number of nitro groups is 1. The van der Waals surface area contributed by atoms with E-state index in [0.29, 0.717) is 11.3 Å². The number of nitrogen functional groups attached to an aromatic ring is 1. The zero-order chi connectivity index (χ0) is 24.9. The van der Waals surface area contributed by atoms with Crippen LogP contribution < -0.4 is 15.9 Å². The monoisotopic (exact) mass is 477 g/mol. The molecule has 0 aliphatic rings. The molecule has 1 amide bonds. The van der Waals surface area contributed by atoms with E-state index in [1.54, 1.807) is 24.3 Å². The third kappa shape index (κ3) is 5.11. The van der Waals surface area contributed by atoms with E-state index in [2.05, 4.69) is 35.8 Å². The summed E-state index contributed by atoms with van der Waals surface area (Å²) in [4.78, 5) is 23.4. The van der Waals surface area contributed by atoms with Crippen LogP contribution in [0.5, 0.6) is 5.75 Å². The van der Waals surface area contributed by atoms with Crippen molar-refractivity contribution in [1.29, 1.82) is 0 Å². The molecule has 35 heavy (non-hydrogen) atoms. The van der Waals surface area contributed by atoms with Gasteiger partial charge in [-0.05, 0) is 66.1 Å². The molecule has 0 aliphatic carbocycles. The number of nitrogens with two attached hydrogens (primary N) is 1. The lowest BCUT2D eigenvalue weighted by Crippen LogP contribution is -2.19. The molecule has 14 nitrogen and oxygen atoms in total. The number of hydrogen-bond acceptors (Lipinski definition) is 11. The second-order valence-corrected chi connectivity index (χ2v) is 7.41. The fourth-order valence-corrected chi connectivity index (χ4v) is 3.04. The van der Waals surface area contributed by atoms with Gasteiger partial charge in [-0.1, -0.05) is 5.21 Å². The molecule has 178 valence electrons. The predicted octanol–water partition coefficient (Wildman–Crippen LogP) is 2.36. The third-order valence-corrected chi connectivity index (χ3v) is 4.56. The van der Waals surface area contributed by atoms with Gasteiger partial charge in [0.15, 0.2) is 5.69 Å². The number of carbonyl (C=O) groups is 1. The minimum atomic E-state index is -0.685. The Bertz CT molecular complexity index is 1380. The Balaban J connectivity index is 1.61. The number of ether oxygens (including phenoxy) is 1. The van der Waals surface area contributed by atoms with Crippen LogP contribution in [0.3, 0.4) is 0 Å². The molecular formula is C21H19N9O5. The molecule has 0 unspecified atom stereocenters. The molecule has 0 bridgehead atoms. The zero-order valence-electron chi connectivity index (χ0n) is 18.5. The van der Waals surface area contributed by atoms with Crippen LogP contribution >= 0.6 is 0 Å². The lowest BCUT2D eigenvalue weighted by atomic mass is 10.1. The average Bonchev–Trinajstić information content (AvgIpc) is 3.45. The highest BCUT2D eigenvalue weighted by atomic mass is 16.6. The third-order valence-electron chi connectivity index (χ3n) is 4.56. The molecule has 0 radical (unpaired) electrons. The van der Waals surface area contributed by atoms with Crippen molar-refractivity contribution in [2.45, 2.75) is 20.0 Å². The minimum absolute atomic E-state index is 0.00268. The summed E-state index contributed by atoms with van der Waals surface area (Å²) in [6.07, 6.45) is 1.50. The number of non-ortho nitro benzene ring substituents is 1. The number of aromatic nitrogens is 5. The SMILES string of the molecule is CC(C)Oc1ccc(/C=N\NC(=O)c2nnn(-c3nonc3N)c2-c2ccc([N+](=O)[O-])cc2)cc1. The normalized spacial score (nSPS) is 11.2. The molecule has 0 spiro atoms. The second kappa shape index (κ2) is 9.78. The van der Waals surface area contributed by atoms with Crippen LogP contribution in [0.4, 0.5) is 11.5 Å². The lowest BCUT2D eigenvalue weighted by Gasteiger charge is -2.09. The first-order valence-corrected chi connectivity index (χ1v) is 10.2. The fourth-order valence-electron chi connectivity index (χ4n) is 3.04. The number of hydrogen-bond donors (Lipinski definition) is 2. The van der Waals surface area contributed by atoms with Crippen LogP contribution in [-0.4, -0.2) is 48.5 Å². The maximum Gasteiger partial charge on any atom is 0.294 e. The van der Waals surface area contributed by atoms with Gasteiger partial charge in [0, 0.05) is 17.7 Å². The summed E-state index contributed by atoms with van der Waals surface area (Å²) in [5.41, 5.74) is 9.18. The number of benzene rings is 2. The Labute approximate surface area is 197 Å². The molecule has 4 aromatic rings. The van der Waals surface area contributed by atoms with Crippen LogP contribution in [0.2, 0.25) is 0 Å². The molecule has 0 saturated heterocycles. The van der Waals surface area contributed by atoms with Gasteiger partial charge in [0.25, 0.3) is 11.6 Å². The largest absolute Gasteiger partial charge is 0.491 e. The first-order valence-electron chi connectivity index (χ1n) is 10.2. The molecular weight excluding hydrogens is 458 g/mol. The molecule has 4 rings (SSSR count). The quantitative estimate of drug-likeness (QED) is 0.216. The zero-order valence-corrected chi connectivity index (χ0v) is 18.5. The van der Waals surface area contributed by atoms with Crippen molar-refractivity contribution in [2.75, 3.05) is 5.73 Å². The maximum absolute atomic E-state index is 12.9. The van der Waals surface area contributed by atoms with E-state index in [1.165, 1.54) is 30.5 Å². The van der Waals surface area contributed by atoms with E-state index < -0.39 is 10.8 Å². The molecule has 0 atom stereocenters. The Morgan fingerprint density at radius 3 is 2.51 bits per heavy atom. The molecule has 14 heteroatoms. The van der Waals surface area contributed by atoms with Gasteiger partial charge in [-0.15, -0.1) is 5.10 Å². The van der Waals surface area contributed by atoms with Crippen molar-refractivity contribution >= 4 is 23.6 Å². The Morgan fingerprint density at radius 1 is 1.20 bits per heavy atom. The van der Waals surface area contributed by atoms with Crippen LogP contribution in [0.25, 0.3) is 17.1 Å². The summed E-state index contributed by atoms with van der Waals surface area (Å²) in [5, 5.41) is 30.0. The van der Waals surface area contributed by atoms with E-state index >= 15 is 0 Å². The van der Waals surface area contributed by atoms with E-state index in [-0.39, 0.29) is 34.8 Å². The fraction of sp³-hybridized carbons (Fsp3) is 0.143. The first kappa shape index (κ1) is 23.0. The van der Waals surface area contributed by atoms with Crippen molar-refractivity contribution < 1.29 is 19.1 Å². The van der Waals surface area contributed by atoms with Gasteiger partial charge in [-0.3, -0.25) is 14.9 Å². The molecule has 0 fully saturated rings. The Kier molecular flexibility index (Phi) is 6.44. The number of amides is 1. The molecule has 2 heterocycles. The highest BCUT2D eigenvalue weighted by Crippen LogP contribution is 2.28. The van der Waals surface area contributed by atoms with Gasteiger partial charge in [0.05, 0.1) is 17.2 Å². The number of nitrogens with one attached hydrogen (secondary N) is 1. The molecule has 3 N–H and O–H groups in total. The van der Waals surface area contributed by atoms with Gasteiger partial charge in [0.2, 0.25) is 11.6 Å². The molecule has 0 aliphatic heterocycles. The topological polar surface area (TPSA) is 189 Å². The average molecular weight is 477 g/mol. The highest BCUT2D eigenvalue weighted by Gasteiger charge is 2.25. The van der Waals surface area contributed by atoms with Crippen LogP contribution in [0.15, 0.2) is 58.3 Å². The van der Waals surface area contributed by atoms with Crippen LogP contribution in [0, 0.1) is 10.1 Å². The summed E-state index contributed by atoms with van der Waals surface area (Å²) >= 11 is 0. The molecule has 0 saturated carbocycles. The molecule has 2 aromatic heterocycles. The van der Waals surface area contributed by atoms with Gasteiger partial charge in [-0.25, -0.2) is 10.1 Å². The van der Waals surface area contributed by atoms with Gasteiger partial charge < -0.3 is 10.5 Å². The van der Waals surface area contributed by atoms with Crippen LogP contribution in [0.1, 0.15) is 29.9 Å².